The van der Waals surface area contributed by atoms with E-state index in [0.717, 1.165) is 12.0 Å². The monoisotopic (exact) mass is 211 g/mol. The summed E-state index contributed by atoms with van der Waals surface area (Å²) in [5.74, 6) is 0. The lowest BCUT2D eigenvalue weighted by Gasteiger charge is -2.19. The van der Waals surface area contributed by atoms with Gasteiger partial charge in [-0.2, -0.15) is 0 Å². The average Bonchev–Trinajstić information content (AvgIpc) is 2.53. The maximum absolute atomic E-state index is 11.2. The van der Waals surface area contributed by atoms with Crippen molar-refractivity contribution in [1.82, 2.24) is 5.32 Å². The van der Waals surface area contributed by atoms with Crippen LogP contribution in [0.1, 0.15) is 26.3 Å². The van der Waals surface area contributed by atoms with E-state index in [1.165, 1.54) is 0 Å². The Labute approximate surface area is 89.6 Å². The lowest BCUT2D eigenvalue weighted by Crippen LogP contribution is -2.33. The van der Waals surface area contributed by atoms with E-state index in [1.54, 1.807) is 12.5 Å². The normalized spacial score (nSPS) is 11.1. The fourth-order valence-corrected chi connectivity index (χ4v) is 1.06. The highest BCUT2D eigenvalue weighted by atomic mass is 16.6. The molecule has 4 nitrogen and oxygen atoms in total. The maximum atomic E-state index is 11.2. The molecule has 4 heteroatoms. The van der Waals surface area contributed by atoms with Gasteiger partial charge in [-0.25, -0.2) is 4.79 Å². The predicted molar refractivity (Wildman–Crippen MR) is 56.6 cm³/mol. The fraction of sp³-hybridized carbons (Fsp3) is 0.545. The molecule has 0 aliphatic heterocycles. The van der Waals surface area contributed by atoms with Crippen LogP contribution in [-0.4, -0.2) is 18.2 Å². The third kappa shape index (κ3) is 5.10. The summed E-state index contributed by atoms with van der Waals surface area (Å²) >= 11 is 0. The highest BCUT2D eigenvalue weighted by Gasteiger charge is 2.15. The van der Waals surface area contributed by atoms with E-state index in [-0.39, 0.29) is 6.09 Å². The Morgan fingerprint density at radius 2 is 2.27 bits per heavy atom. The number of furan rings is 1. The summed E-state index contributed by atoms with van der Waals surface area (Å²) in [7, 11) is 0. The molecule has 0 bridgehead atoms. The van der Waals surface area contributed by atoms with E-state index in [4.69, 9.17) is 9.15 Å². The first-order valence-corrected chi connectivity index (χ1v) is 4.95. The topological polar surface area (TPSA) is 51.5 Å². The zero-order valence-electron chi connectivity index (χ0n) is 9.37. The molecular weight excluding hydrogens is 194 g/mol. The Kier molecular flexibility index (Phi) is 3.77. The maximum Gasteiger partial charge on any atom is 0.407 e. The molecule has 0 unspecified atom stereocenters. The zero-order chi connectivity index (χ0) is 11.3. The van der Waals surface area contributed by atoms with E-state index < -0.39 is 5.60 Å². The summed E-state index contributed by atoms with van der Waals surface area (Å²) in [6, 6.07) is 1.87. The summed E-state index contributed by atoms with van der Waals surface area (Å²) in [6.07, 6.45) is 3.64. The smallest absolute Gasteiger partial charge is 0.407 e. The van der Waals surface area contributed by atoms with Gasteiger partial charge in [-0.05, 0) is 38.8 Å². The minimum atomic E-state index is -0.445. The Morgan fingerprint density at radius 1 is 1.53 bits per heavy atom. The molecule has 1 aromatic rings. The van der Waals surface area contributed by atoms with Gasteiger partial charge in [0.05, 0.1) is 12.5 Å². The largest absolute Gasteiger partial charge is 0.472 e. The number of hydrogen-bond acceptors (Lipinski definition) is 3. The van der Waals surface area contributed by atoms with Gasteiger partial charge in [-0.1, -0.05) is 0 Å². The van der Waals surface area contributed by atoms with Gasteiger partial charge in [-0.15, -0.1) is 0 Å². The molecule has 0 aromatic carbocycles. The first-order chi connectivity index (χ1) is 6.97. The minimum Gasteiger partial charge on any atom is -0.472 e. The molecule has 0 spiro atoms. The van der Waals surface area contributed by atoms with Crippen LogP contribution >= 0.6 is 0 Å². The van der Waals surface area contributed by atoms with Crippen molar-refractivity contribution in [2.24, 2.45) is 0 Å². The molecule has 0 radical (unpaired) electrons. The molecule has 1 aromatic heterocycles. The van der Waals surface area contributed by atoms with Gasteiger partial charge in [0, 0.05) is 6.54 Å². The highest BCUT2D eigenvalue weighted by molar-refractivity contribution is 5.67. The van der Waals surface area contributed by atoms with Crippen molar-refractivity contribution in [3.05, 3.63) is 24.2 Å². The molecule has 15 heavy (non-hydrogen) atoms. The summed E-state index contributed by atoms with van der Waals surface area (Å²) in [4.78, 5) is 11.2. The van der Waals surface area contributed by atoms with Gasteiger partial charge in [-0.3, -0.25) is 0 Å². The average molecular weight is 211 g/mol. The number of nitrogens with one attached hydrogen (secondary N) is 1. The van der Waals surface area contributed by atoms with Crippen molar-refractivity contribution in [2.75, 3.05) is 6.54 Å². The van der Waals surface area contributed by atoms with Crippen molar-refractivity contribution >= 4 is 6.09 Å². The van der Waals surface area contributed by atoms with Crippen LogP contribution in [0, 0.1) is 0 Å². The Hall–Kier alpha value is -1.45. The van der Waals surface area contributed by atoms with Crippen LogP contribution in [0.3, 0.4) is 0 Å². The second kappa shape index (κ2) is 4.87. The number of alkyl carbamates (subject to hydrolysis) is 1. The van der Waals surface area contributed by atoms with E-state index in [9.17, 15) is 4.79 Å². The van der Waals surface area contributed by atoms with Crippen LogP contribution < -0.4 is 5.32 Å². The van der Waals surface area contributed by atoms with Crippen molar-refractivity contribution in [2.45, 2.75) is 32.8 Å². The van der Waals surface area contributed by atoms with E-state index >= 15 is 0 Å². The van der Waals surface area contributed by atoms with Crippen molar-refractivity contribution in [3.63, 3.8) is 0 Å². The second-order valence-corrected chi connectivity index (χ2v) is 4.31. The molecule has 1 N–H and O–H groups in total. The first kappa shape index (κ1) is 11.6. The minimum absolute atomic E-state index is 0.383. The molecule has 84 valence electrons. The van der Waals surface area contributed by atoms with Crippen LogP contribution in [-0.2, 0) is 11.2 Å². The molecule has 1 rings (SSSR count). The third-order valence-corrected chi connectivity index (χ3v) is 1.66. The molecule has 0 fully saturated rings. The van der Waals surface area contributed by atoms with Crippen molar-refractivity contribution in [3.8, 4) is 0 Å². The number of hydrogen-bond donors (Lipinski definition) is 1. The summed E-state index contributed by atoms with van der Waals surface area (Å²) in [6.45, 7) is 6.06. The molecule has 0 aliphatic rings. The SMILES string of the molecule is CC(C)(C)OC(=O)NCCc1ccoc1. The van der Waals surface area contributed by atoms with Crippen LogP contribution in [0.15, 0.2) is 23.0 Å². The van der Waals surface area contributed by atoms with Crippen molar-refractivity contribution in [1.29, 1.82) is 0 Å². The number of amides is 1. The van der Waals surface area contributed by atoms with E-state index in [1.807, 2.05) is 26.8 Å². The van der Waals surface area contributed by atoms with Gasteiger partial charge in [0.1, 0.15) is 5.60 Å². The van der Waals surface area contributed by atoms with E-state index in [0.29, 0.717) is 6.54 Å². The van der Waals surface area contributed by atoms with Crippen LogP contribution in [0.4, 0.5) is 4.79 Å². The number of carbonyl (C=O) groups excluding carboxylic acids is 1. The lowest BCUT2D eigenvalue weighted by molar-refractivity contribution is 0.0528. The van der Waals surface area contributed by atoms with Crippen LogP contribution in [0.25, 0.3) is 0 Å². The third-order valence-electron chi connectivity index (χ3n) is 1.66. The van der Waals surface area contributed by atoms with Crippen molar-refractivity contribution < 1.29 is 13.9 Å². The molecule has 1 amide bonds. The Morgan fingerprint density at radius 3 is 2.80 bits per heavy atom. The second-order valence-electron chi connectivity index (χ2n) is 4.31. The zero-order valence-corrected chi connectivity index (χ0v) is 9.37. The van der Waals surface area contributed by atoms with Gasteiger partial charge in [0.15, 0.2) is 0 Å². The highest BCUT2D eigenvalue weighted by Crippen LogP contribution is 2.06. The molecular formula is C11H17NO3. The predicted octanol–water partition coefficient (Wildman–Crippen LogP) is 2.35. The van der Waals surface area contributed by atoms with Gasteiger partial charge in [0.2, 0.25) is 0 Å². The number of rotatable bonds is 3. The van der Waals surface area contributed by atoms with E-state index in [2.05, 4.69) is 5.32 Å². The van der Waals surface area contributed by atoms with Gasteiger partial charge >= 0.3 is 6.09 Å². The standard InChI is InChI=1S/C11H17NO3/c1-11(2,3)15-10(13)12-6-4-9-5-7-14-8-9/h5,7-8H,4,6H2,1-3H3,(H,12,13). The number of ether oxygens (including phenoxy) is 1. The molecule has 0 saturated carbocycles. The summed E-state index contributed by atoms with van der Waals surface area (Å²) in [5.41, 5.74) is 0.616. The molecule has 1 heterocycles. The number of carbonyl (C=O) groups is 1. The first-order valence-electron chi connectivity index (χ1n) is 4.95. The molecule has 0 aliphatic carbocycles. The van der Waals surface area contributed by atoms with Gasteiger partial charge in [0.25, 0.3) is 0 Å². The molecule has 0 saturated heterocycles. The van der Waals surface area contributed by atoms with Gasteiger partial charge < -0.3 is 14.5 Å². The Balaban J connectivity index is 2.18. The van der Waals surface area contributed by atoms with Crippen LogP contribution in [0.5, 0.6) is 0 Å². The fourth-order valence-electron chi connectivity index (χ4n) is 1.06. The quantitative estimate of drug-likeness (QED) is 0.834. The summed E-state index contributed by atoms with van der Waals surface area (Å²) in [5, 5.41) is 2.67. The van der Waals surface area contributed by atoms with Crippen LogP contribution in [0.2, 0.25) is 0 Å². The lowest BCUT2D eigenvalue weighted by atomic mass is 10.2. The molecule has 0 atom stereocenters. The summed E-state index contributed by atoms with van der Waals surface area (Å²) < 4.78 is 9.99. The Bertz CT molecular complexity index is 298.